The summed E-state index contributed by atoms with van der Waals surface area (Å²) < 4.78 is 0. The molecule has 0 spiro atoms. The van der Waals surface area contributed by atoms with E-state index in [1.54, 1.807) is 11.8 Å². The number of Topliss-reactive ketones (excluding diaryl/α,β-unsaturated/α-hetero) is 1. The number of ketones is 1. The molecule has 18 heavy (non-hydrogen) atoms. The fraction of sp³-hybridized carbons (Fsp3) is 0.562. The van der Waals surface area contributed by atoms with Crippen LogP contribution in [0.1, 0.15) is 51.0 Å². The van der Waals surface area contributed by atoms with Crippen LogP contribution in [0.15, 0.2) is 29.2 Å². The normalized spacial score (nSPS) is 10.6. The lowest BCUT2D eigenvalue weighted by Crippen LogP contribution is -2.00. The lowest BCUT2D eigenvalue weighted by atomic mass is 10.1. The van der Waals surface area contributed by atoms with E-state index in [0.717, 1.165) is 12.8 Å². The van der Waals surface area contributed by atoms with Crippen molar-refractivity contribution in [1.82, 2.24) is 0 Å². The third-order valence-electron chi connectivity index (χ3n) is 2.98. The summed E-state index contributed by atoms with van der Waals surface area (Å²) in [6, 6.07) is 8.37. The second-order valence-corrected chi connectivity index (χ2v) is 5.85. The topological polar surface area (TPSA) is 17.1 Å². The average molecular weight is 264 g/mol. The molecule has 2 heteroatoms. The molecule has 0 saturated heterocycles. The van der Waals surface area contributed by atoms with Crippen LogP contribution in [0.3, 0.4) is 0 Å². The predicted molar refractivity (Wildman–Crippen MR) is 80.3 cm³/mol. The maximum absolute atomic E-state index is 11.7. The fourth-order valence-corrected chi connectivity index (χ4v) is 2.60. The quantitative estimate of drug-likeness (QED) is 0.460. The molecule has 1 aromatic carbocycles. The molecule has 1 aromatic rings. The molecule has 0 aliphatic heterocycles. The van der Waals surface area contributed by atoms with Crippen molar-refractivity contribution in [2.24, 2.45) is 0 Å². The van der Waals surface area contributed by atoms with Crippen LogP contribution in [-0.4, -0.2) is 11.5 Å². The first-order chi connectivity index (χ1) is 8.72. The van der Waals surface area contributed by atoms with Crippen molar-refractivity contribution < 1.29 is 4.79 Å². The molecule has 1 nitrogen and oxygen atoms in total. The largest absolute Gasteiger partial charge is 0.299 e. The molecule has 0 saturated carbocycles. The second kappa shape index (κ2) is 9.21. The van der Waals surface area contributed by atoms with Crippen molar-refractivity contribution in [3.63, 3.8) is 0 Å². The highest BCUT2D eigenvalue weighted by Crippen LogP contribution is 2.19. The number of unbranched alkanes of at least 4 members (excludes halogenated alkanes) is 4. The molecule has 0 unspecified atom stereocenters. The molecule has 0 atom stereocenters. The highest BCUT2D eigenvalue weighted by Gasteiger charge is 2.03. The molecule has 0 aromatic heterocycles. The third kappa shape index (κ3) is 6.85. The summed E-state index contributed by atoms with van der Waals surface area (Å²) in [6.45, 7) is 4.29. The van der Waals surface area contributed by atoms with Crippen LogP contribution < -0.4 is 0 Å². The van der Waals surface area contributed by atoms with E-state index in [-0.39, 0.29) is 0 Å². The first-order valence-electron chi connectivity index (χ1n) is 6.93. The number of hydrogen-bond donors (Lipinski definition) is 0. The van der Waals surface area contributed by atoms with Crippen molar-refractivity contribution in [3.05, 3.63) is 29.8 Å². The maximum atomic E-state index is 11.7. The van der Waals surface area contributed by atoms with Gasteiger partial charge in [-0.3, -0.25) is 4.79 Å². The van der Waals surface area contributed by atoms with Gasteiger partial charge in [-0.25, -0.2) is 0 Å². The molecule has 1 rings (SSSR count). The number of thioether (sulfide) groups is 1. The van der Waals surface area contributed by atoms with Gasteiger partial charge in [0, 0.05) is 11.3 Å². The smallest absolute Gasteiger partial charge is 0.143 e. The van der Waals surface area contributed by atoms with Crippen LogP contribution in [0, 0.1) is 6.92 Å². The predicted octanol–water partition coefficient (Wildman–Crippen LogP) is 5.02. The SMILES string of the molecule is CCCCCCCC(=O)CSc1ccc(C)cc1. The van der Waals surface area contributed by atoms with Crippen molar-refractivity contribution >= 4 is 17.5 Å². The molecule has 0 bridgehead atoms. The molecule has 100 valence electrons. The summed E-state index contributed by atoms with van der Waals surface area (Å²) in [4.78, 5) is 12.9. The summed E-state index contributed by atoms with van der Waals surface area (Å²) in [7, 11) is 0. The monoisotopic (exact) mass is 264 g/mol. The van der Waals surface area contributed by atoms with Gasteiger partial charge in [0.1, 0.15) is 5.78 Å². The molecular formula is C16H24OS. The van der Waals surface area contributed by atoms with E-state index < -0.39 is 0 Å². The van der Waals surface area contributed by atoms with Crippen molar-refractivity contribution in [2.45, 2.75) is 57.3 Å². The Hall–Kier alpha value is -0.760. The number of aryl methyl sites for hydroxylation is 1. The molecule has 0 radical (unpaired) electrons. The van der Waals surface area contributed by atoms with Gasteiger partial charge in [-0.1, -0.05) is 50.3 Å². The first kappa shape index (κ1) is 15.3. The summed E-state index contributed by atoms with van der Waals surface area (Å²) >= 11 is 1.66. The Labute approximate surface area is 115 Å². The van der Waals surface area contributed by atoms with Crippen molar-refractivity contribution in [3.8, 4) is 0 Å². The fourth-order valence-electron chi connectivity index (χ4n) is 1.80. The lowest BCUT2D eigenvalue weighted by Gasteiger charge is -2.02. The van der Waals surface area contributed by atoms with Gasteiger partial charge in [0.2, 0.25) is 0 Å². The molecule has 0 aliphatic rings. The van der Waals surface area contributed by atoms with E-state index in [9.17, 15) is 4.79 Å². The average Bonchev–Trinajstić information content (AvgIpc) is 2.38. The van der Waals surface area contributed by atoms with Crippen molar-refractivity contribution in [1.29, 1.82) is 0 Å². The minimum absolute atomic E-state index is 0.386. The molecule has 0 amide bonds. The Morgan fingerprint density at radius 1 is 1.06 bits per heavy atom. The van der Waals surface area contributed by atoms with E-state index in [1.165, 1.54) is 36.1 Å². The van der Waals surface area contributed by atoms with Crippen LogP contribution in [0.25, 0.3) is 0 Å². The minimum Gasteiger partial charge on any atom is -0.299 e. The molecule has 0 fully saturated rings. The van der Waals surface area contributed by atoms with Gasteiger partial charge >= 0.3 is 0 Å². The van der Waals surface area contributed by atoms with E-state index in [4.69, 9.17) is 0 Å². The first-order valence-corrected chi connectivity index (χ1v) is 7.92. The summed E-state index contributed by atoms with van der Waals surface area (Å²) in [5, 5.41) is 0. The van der Waals surface area contributed by atoms with Crippen LogP contribution in [0.4, 0.5) is 0 Å². The summed E-state index contributed by atoms with van der Waals surface area (Å²) in [6.07, 6.45) is 6.85. The highest BCUT2D eigenvalue weighted by atomic mass is 32.2. The Bertz CT molecular complexity index is 343. The third-order valence-corrected chi connectivity index (χ3v) is 4.05. The summed E-state index contributed by atoms with van der Waals surface area (Å²) in [5.41, 5.74) is 1.27. The van der Waals surface area contributed by atoms with Crippen LogP contribution in [-0.2, 0) is 4.79 Å². The molecular weight excluding hydrogens is 240 g/mol. The van der Waals surface area contributed by atoms with Gasteiger partial charge in [-0.05, 0) is 25.5 Å². The van der Waals surface area contributed by atoms with Gasteiger partial charge in [0.15, 0.2) is 0 Å². The van der Waals surface area contributed by atoms with Crippen molar-refractivity contribution in [2.75, 3.05) is 5.75 Å². The standard InChI is InChI=1S/C16H24OS/c1-3-4-5-6-7-8-15(17)13-18-16-11-9-14(2)10-12-16/h9-12H,3-8,13H2,1-2H3. The van der Waals surface area contributed by atoms with E-state index in [0.29, 0.717) is 11.5 Å². The Kier molecular flexibility index (Phi) is 7.83. The van der Waals surface area contributed by atoms with E-state index >= 15 is 0 Å². The van der Waals surface area contributed by atoms with Gasteiger partial charge in [0.05, 0.1) is 5.75 Å². The molecule has 0 aliphatic carbocycles. The lowest BCUT2D eigenvalue weighted by molar-refractivity contribution is -0.116. The number of hydrogen-bond acceptors (Lipinski definition) is 2. The van der Waals surface area contributed by atoms with Gasteiger partial charge in [-0.2, -0.15) is 0 Å². The Balaban J connectivity index is 2.11. The number of carbonyl (C=O) groups excluding carboxylic acids is 1. The van der Waals surface area contributed by atoms with Gasteiger partial charge in [0.25, 0.3) is 0 Å². The van der Waals surface area contributed by atoms with Gasteiger partial charge in [-0.15, -0.1) is 11.8 Å². The number of carbonyl (C=O) groups is 1. The van der Waals surface area contributed by atoms with Crippen LogP contribution in [0.2, 0.25) is 0 Å². The highest BCUT2D eigenvalue weighted by molar-refractivity contribution is 8.00. The zero-order valence-electron chi connectivity index (χ0n) is 11.6. The summed E-state index contributed by atoms with van der Waals surface area (Å²) in [5.74, 6) is 1.01. The second-order valence-electron chi connectivity index (χ2n) is 4.80. The Morgan fingerprint density at radius 3 is 2.39 bits per heavy atom. The zero-order chi connectivity index (χ0) is 13.2. The van der Waals surface area contributed by atoms with Crippen LogP contribution in [0.5, 0.6) is 0 Å². The number of benzene rings is 1. The zero-order valence-corrected chi connectivity index (χ0v) is 12.4. The molecule has 0 heterocycles. The minimum atomic E-state index is 0.386. The van der Waals surface area contributed by atoms with E-state index in [2.05, 4.69) is 38.1 Å². The maximum Gasteiger partial charge on any atom is 0.143 e. The Morgan fingerprint density at radius 2 is 1.72 bits per heavy atom. The van der Waals surface area contributed by atoms with Gasteiger partial charge < -0.3 is 0 Å². The number of rotatable bonds is 9. The molecule has 0 N–H and O–H groups in total. The van der Waals surface area contributed by atoms with Crippen LogP contribution >= 0.6 is 11.8 Å². The van der Waals surface area contributed by atoms with E-state index in [1.807, 2.05) is 0 Å².